The van der Waals surface area contributed by atoms with Gasteiger partial charge in [0.25, 0.3) is 0 Å². The minimum Gasteiger partial charge on any atom is -0.313 e. The van der Waals surface area contributed by atoms with Gasteiger partial charge in [0.15, 0.2) is 0 Å². The molecule has 1 unspecified atom stereocenters. The number of rotatable bonds is 7. The van der Waals surface area contributed by atoms with Crippen LogP contribution in [-0.4, -0.2) is 33.0 Å². The normalized spacial score (nSPS) is 14.4. The van der Waals surface area contributed by atoms with Crippen LogP contribution in [0.2, 0.25) is 0 Å². The molecule has 0 aliphatic heterocycles. The molecule has 0 saturated carbocycles. The van der Waals surface area contributed by atoms with E-state index in [0.717, 1.165) is 19.3 Å². The van der Waals surface area contributed by atoms with Gasteiger partial charge < -0.3 is 5.32 Å². The third kappa shape index (κ3) is 8.25. The molecule has 0 aliphatic rings. The van der Waals surface area contributed by atoms with Crippen LogP contribution in [-0.2, 0) is 9.84 Å². The fourth-order valence-corrected chi connectivity index (χ4v) is 1.74. The predicted molar refractivity (Wildman–Crippen MR) is 56.7 cm³/mol. The summed E-state index contributed by atoms with van der Waals surface area (Å²) in [7, 11) is -2.81. The lowest BCUT2D eigenvalue weighted by atomic mass is 10.1. The maximum absolute atomic E-state index is 10.8. The number of hydrogen-bond donors (Lipinski definition) is 1. The summed E-state index contributed by atoms with van der Waals surface area (Å²) in [5.74, 6) is 0.243. The van der Waals surface area contributed by atoms with Crippen molar-refractivity contribution in [1.82, 2.24) is 5.32 Å². The second kappa shape index (κ2) is 6.38. The lowest BCUT2D eigenvalue weighted by Crippen LogP contribution is -2.32. The molecule has 0 heterocycles. The van der Waals surface area contributed by atoms with Crippen molar-refractivity contribution in [3.05, 3.63) is 0 Å². The molecule has 0 radical (unpaired) electrons. The molecule has 80 valence electrons. The van der Waals surface area contributed by atoms with Crippen LogP contribution in [0.15, 0.2) is 0 Å². The molecule has 0 fully saturated rings. The Kier molecular flexibility index (Phi) is 6.33. The third-order valence-corrected chi connectivity index (χ3v) is 2.98. The quantitative estimate of drug-likeness (QED) is 0.682. The van der Waals surface area contributed by atoms with E-state index in [1.165, 1.54) is 6.26 Å². The van der Waals surface area contributed by atoms with E-state index < -0.39 is 9.84 Å². The SMILES string of the molecule is CCCC(CC)NCCS(C)(=O)=O. The number of nitrogens with one attached hydrogen (secondary N) is 1. The lowest BCUT2D eigenvalue weighted by molar-refractivity contribution is 0.475. The summed E-state index contributed by atoms with van der Waals surface area (Å²) in [5, 5.41) is 3.25. The van der Waals surface area contributed by atoms with Gasteiger partial charge in [0, 0.05) is 18.8 Å². The van der Waals surface area contributed by atoms with Gasteiger partial charge in [0.05, 0.1) is 5.75 Å². The smallest absolute Gasteiger partial charge is 0.148 e. The van der Waals surface area contributed by atoms with Gasteiger partial charge in [0.1, 0.15) is 9.84 Å². The van der Waals surface area contributed by atoms with Crippen LogP contribution in [0.5, 0.6) is 0 Å². The first-order valence-corrected chi connectivity index (χ1v) is 6.96. The molecule has 13 heavy (non-hydrogen) atoms. The second-order valence-corrected chi connectivity index (χ2v) is 5.74. The fourth-order valence-electron chi connectivity index (χ4n) is 1.25. The Morgan fingerprint density at radius 1 is 1.31 bits per heavy atom. The molecule has 0 aromatic rings. The Bertz CT molecular complexity index is 212. The van der Waals surface area contributed by atoms with E-state index in [9.17, 15) is 8.42 Å². The largest absolute Gasteiger partial charge is 0.313 e. The average Bonchev–Trinajstić information content (AvgIpc) is 2.01. The van der Waals surface area contributed by atoms with Crippen LogP contribution in [0, 0.1) is 0 Å². The molecule has 0 bridgehead atoms. The zero-order valence-corrected chi connectivity index (χ0v) is 9.65. The summed E-state index contributed by atoms with van der Waals surface area (Å²) in [6.45, 7) is 4.84. The van der Waals surface area contributed by atoms with Crippen molar-refractivity contribution < 1.29 is 8.42 Å². The molecule has 0 amide bonds. The molecule has 0 saturated heterocycles. The minimum absolute atomic E-state index is 0.243. The molecule has 0 aromatic carbocycles. The monoisotopic (exact) mass is 207 g/mol. The van der Waals surface area contributed by atoms with Gasteiger partial charge in [0.2, 0.25) is 0 Å². The Morgan fingerprint density at radius 3 is 2.31 bits per heavy atom. The van der Waals surface area contributed by atoms with Crippen LogP contribution < -0.4 is 5.32 Å². The van der Waals surface area contributed by atoms with Gasteiger partial charge in [-0.25, -0.2) is 8.42 Å². The molecule has 0 aliphatic carbocycles. The third-order valence-electron chi connectivity index (χ3n) is 2.04. The van der Waals surface area contributed by atoms with E-state index in [2.05, 4.69) is 19.2 Å². The van der Waals surface area contributed by atoms with E-state index in [1.807, 2.05) is 0 Å². The standard InChI is InChI=1S/C9H21NO2S/c1-4-6-9(5-2)10-7-8-13(3,11)12/h9-10H,4-8H2,1-3H3. The topological polar surface area (TPSA) is 46.2 Å². The summed E-state index contributed by atoms with van der Waals surface area (Å²) in [4.78, 5) is 0. The van der Waals surface area contributed by atoms with Crippen LogP contribution in [0.1, 0.15) is 33.1 Å². The maximum Gasteiger partial charge on any atom is 0.148 e. The van der Waals surface area contributed by atoms with Crippen molar-refractivity contribution in [2.75, 3.05) is 18.6 Å². The van der Waals surface area contributed by atoms with E-state index in [0.29, 0.717) is 12.6 Å². The highest BCUT2D eigenvalue weighted by Crippen LogP contribution is 2.00. The average molecular weight is 207 g/mol. The number of hydrogen-bond acceptors (Lipinski definition) is 3. The Balaban J connectivity index is 3.61. The van der Waals surface area contributed by atoms with E-state index in [4.69, 9.17) is 0 Å². The van der Waals surface area contributed by atoms with Gasteiger partial charge in [-0.2, -0.15) is 0 Å². The van der Waals surface area contributed by atoms with Crippen LogP contribution in [0.3, 0.4) is 0 Å². The highest BCUT2D eigenvalue weighted by atomic mass is 32.2. The molecule has 1 atom stereocenters. The molecule has 3 nitrogen and oxygen atoms in total. The van der Waals surface area contributed by atoms with Gasteiger partial charge in [-0.05, 0) is 12.8 Å². The summed E-state index contributed by atoms with van der Waals surface area (Å²) in [6, 6.07) is 0.478. The van der Waals surface area contributed by atoms with Crippen molar-refractivity contribution >= 4 is 9.84 Å². The molecule has 4 heteroatoms. The van der Waals surface area contributed by atoms with Gasteiger partial charge in [-0.15, -0.1) is 0 Å². The van der Waals surface area contributed by atoms with E-state index in [-0.39, 0.29) is 5.75 Å². The molecule has 1 N–H and O–H groups in total. The Hall–Kier alpha value is -0.0900. The fraction of sp³-hybridized carbons (Fsp3) is 1.00. The summed E-state index contributed by atoms with van der Waals surface area (Å²) in [5.41, 5.74) is 0. The van der Waals surface area contributed by atoms with Crippen molar-refractivity contribution in [2.45, 2.75) is 39.2 Å². The Labute approximate surface area is 81.8 Å². The summed E-state index contributed by atoms with van der Waals surface area (Å²) >= 11 is 0. The van der Waals surface area contributed by atoms with E-state index in [1.54, 1.807) is 0 Å². The van der Waals surface area contributed by atoms with Crippen molar-refractivity contribution in [1.29, 1.82) is 0 Å². The van der Waals surface area contributed by atoms with Crippen LogP contribution >= 0.6 is 0 Å². The van der Waals surface area contributed by atoms with Crippen molar-refractivity contribution in [3.8, 4) is 0 Å². The van der Waals surface area contributed by atoms with Gasteiger partial charge in [-0.1, -0.05) is 20.3 Å². The zero-order valence-electron chi connectivity index (χ0n) is 8.84. The Morgan fingerprint density at radius 2 is 1.92 bits per heavy atom. The van der Waals surface area contributed by atoms with Crippen LogP contribution in [0.25, 0.3) is 0 Å². The second-order valence-electron chi connectivity index (χ2n) is 3.48. The summed E-state index contributed by atoms with van der Waals surface area (Å²) in [6.07, 6.45) is 4.61. The lowest BCUT2D eigenvalue weighted by Gasteiger charge is -2.15. The van der Waals surface area contributed by atoms with Gasteiger partial charge >= 0.3 is 0 Å². The first kappa shape index (κ1) is 12.9. The summed E-state index contributed by atoms with van der Waals surface area (Å²) < 4.78 is 21.6. The van der Waals surface area contributed by atoms with Crippen LogP contribution in [0.4, 0.5) is 0 Å². The minimum atomic E-state index is -2.81. The van der Waals surface area contributed by atoms with Crippen molar-refractivity contribution in [2.24, 2.45) is 0 Å². The highest BCUT2D eigenvalue weighted by molar-refractivity contribution is 7.90. The predicted octanol–water partition coefficient (Wildman–Crippen LogP) is 1.20. The molecular weight excluding hydrogens is 186 g/mol. The zero-order chi connectivity index (χ0) is 10.3. The molecule has 0 aromatic heterocycles. The van der Waals surface area contributed by atoms with Gasteiger partial charge in [-0.3, -0.25) is 0 Å². The van der Waals surface area contributed by atoms with Crippen molar-refractivity contribution in [3.63, 3.8) is 0 Å². The number of sulfone groups is 1. The van der Waals surface area contributed by atoms with E-state index >= 15 is 0 Å². The maximum atomic E-state index is 10.8. The highest BCUT2D eigenvalue weighted by Gasteiger charge is 2.06. The molecule has 0 rings (SSSR count). The molecular formula is C9H21NO2S. The first-order chi connectivity index (χ1) is 5.99. The first-order valence-electron chi connectivity index (χ1n) is 4.90. The molecule has 0 spiro atoms.